The SMILES string of the molecule is COc1cc(NC(=O)CCN2CCN(S(=O)(=O)c3ccc(C)c(C)c3)CC2)cc(OC)c1OC. The predicted octanol–water partition coefficient (Wildman–Crippen LogP) is 2.66. The molecule has 2 aromatic carbocycles. The van der Waals surface area contributed by atoms with E-state index >= 15 is 0 Å². The van der Waals surface area contributed by atoms with Crippen molar-refractivity contribution >= 4 is 21.6 Å². The van der Waals surface area contributed by atoms with E-state index in [1.165, 1.54) is 25.6 Å². The molecule has 1 amide bonds. The molecule has 2 aromatic rings. The van der Waals surface area contributed by atoms with E-state index in [0.717, 1.165) is 11.1 Å². The minimum absolute atomic E-state index is 0.153. The van der Waals surface area contributed by atoms with Crippen molar-refractivity contribution in [3.8, 4) is 17.2 Å². The van der Waals surface area contributed by atoms with Crippen molar-refractivity contribution < 1.29 is 27.4 Å². The van der Waals surface area contributed by atoms with E-state index in [1.54, 1.807) is 24.3 Å². The molecule has 9 nitrogen and oxygen atoms in total. The number of amides is 1. The molecule has 0 aromatic heterocycles. The summed E-state index contributed by atoms with van der Waals surface area (Å²) in [4.78, 5) is 14.9. The Morgan fingerprint density at radius 2 is 1.53 bits per heavy atom. The van der Waals surface area contributed by atoms with E-state index in [1.807, 2.05) is 19.9 Å². The molecule has 0 saturated carbocycles. The number of nitrogens with zero attached hydrogens (tertiary/aromatic N) is 2. The smallest absolute Gasteiger partial charge is 0.243 e. The van der Waals surface area contributed by atoms with Gasteiger partial charge in [0, 0.05) is 57.0 Å². The van der Waals surface area contributed by atoms with Crippen molar-refractivity contribution in [1.82, 2.24) is 9.21 Å². The Morgan fingerprint density at radius 1 is 0.912 bits per heavy atom. The molecular weight excluding hydrogens is 458 g/mol. The lowest BCUT2D eigenvalue weighted by atomic mass is 10.1. The van der Waals surface area contributed by atoms with Crippen LogP contribution in [-0.2, 0) is 14.8 Å². The van der Waals surface area contributed by atoms with Crippen LogP contribution in [0.25, 0.3) is 0 Å². The molecule has 1 N–H and O–H groups in total. The molecule has 1 aliphatic rings. The Bertz CT molecular complexity index is 1100. The van der Waals surface area contributed by atoms with Crippen LogP contribution in [0.15, 0.2) is 35.2 Å². The number of anilines is 1. The number of carbonyl (C=O) groups excluding carboxylic acids is 1. The van der Waals surface area contributed by atoms with Gasteiger partial charge in [-0.25, -0.2) is 8.42 Å². The van der Waals surface area contributed by atoms with Crippen LogP contribution < -0.4 is 19.5 Å². The molecule has 1 aliphatic heterocycles. The molecule has 1 heterocycles. The van der Waals surface area contributed by atoms with Crippen LogP contribution >= 0.6 is 0 Å². The normalized spacial score (nSPS) is 15.1. The van der Waals surface area contributed by atoms with Gasteiger partial charge >= 0.3 is 0 Å². The molecule has 1 saturated heterocycles. The number of hydrogen-bond acceptors (Lipinski definition) is 7. The van der Waals surface area contributed by atoms with Gasteiger partial charge in [-0.05, 0) is 37.1 Å². The minimum Gasteiger partial charge on any atom is -0.493 e. The van der Waals surface area contributed by atoms with Gasteiger partial charge in [-0.2, -0.15) is 4.31 Å². The third kappa shape index (κ3) is 5.81. The Kier molecular flexibility index (Phi) is 8.40. The van der Waals surface area contributed by atoms with E-state index in [4.69, 9.17) is 14.2 Å². The lowest BCUT2D eigenvalue weighted by Gasteiger charge is -2.33. The maximum Gasteiger partial charge on any atom is 0.243 e. The number of sulfonamides is 1. The Balaban J connectivity index is 1.53. The predicted molar refractivity (Wildman–Crippen MR) is 130 cm³/mol. The highest BCUT2D eigenvalue weighted by molar-refractivity contribution is 7.89. The number of piperazine rings is 1. The average molecular weight is 492 g/mol. The van der Waals surface area contributed by atoms with Crippen LogP contribution in [0.5, 0.6) is 17.2 Å². The van der Waals surface area contributed by atoms with E-state index < -0.39 is 10.0 Å². The average Bonchev–Trinajstić information content (AvgIpc) is 2.83. The molecular formula is C24H33N3O6S. The number of rotatable bonds is 9. The number of carbonyl (C=O) groups is 1. The summed E-state index contributed by atoms with van der Waals surface area (Å²) >= 11 is 0. The molecule has 1 fully saturated rings. The van der Waals surface area contributed by atoms with Crippen molar-refractivity contribution in [2.24, 2.45) is 0 Å². The first-order valence-electron chi connectivity index (χ1n) is 11.1. The summed E-state index contributed by atoms with van der Waals surface area (Å²) in [6.45, 7) is 6.34. The zero-order chi connectivity index (χ0) is 24.9. The number of aryl methyl sites for hydroxylation is 2. The van der Waals surface area contributed by atoms with Crippen LogP contribution in [-0.4, -0.2) is 77.6 Å². The lowest BCUT2D eigenvalue weighted by molar-refractivity contribution is -0.116. The van der Waals surface area contributed by atoms with E-state index in [-0.39, 0.29) is 12.3 Å². The standard InChI is InChI=1S/C24H33N3O6S/c1-17-6-7-20(14-18(17)2)34(29,30)27-12-10-26(11-13-27)9-8-23(28)25-19-15-21(31-3)24(33-5)22(16-19)32-4/h6-7,14-16H,8-13H2,1-5H3,(H,25,28). The molecule has 0 unspecified atom stereocenters. The molecule has 0 radical (unpaired) electrons. The zero-order valence-electron chi connectivity index (χ0n) is 20.4. The highest BCUT2D eigenvalue weighted by atomic mass is 32.2. The fraction of sp³-hybridized carbons (Fsp3) is 0.458. The van der Waals surface area contributed by atoms with Gasteiger partial charge in [0.15, 0.2) is 11.5 Å². The van der Waals surface area contributed by atoms with Crippen molar-refractivity contribution in [3.63, 3.8) is 0 Å². The van der Waals surface area contributed by atoms with Crippen LogP contribution in [0, 0.1) is 13.8 Å². The lowest BCUT2D eigenvalue weighted by Crippen LogP contribution is -2.49. The fourth-order valence-electron chi connectivity index (χ4n) is 3.85. The van der Waals surface area contributed by atoms with Gasteiger partial charge in [0.25, 0.3) is 0 Å². The maximum atomic E-state index is 13.0. The third-order valence-corrected chi connectivity index (χ3v) is 7.95. The van der Waals surface area contributed by atoms with Gasteiger partial charge in [-0.3, -0.25) is 4.79 Å². The number of ether oxygens (including phenoxy) is 3. The van der Waals surface area contributed by atoms with Gasteiger partial charge in [0.1, 0.15) is 0 Å². The number of methoxy groups -OCH3 is 3. The molecule has 10 heteroatoms. The summed E-state index contributed by atoms with van der Waals surface area (Å²) in [6.07, 6.45) is 0.278. The molecule has 0 bridgehead atoms. The number of benzene rings is 2. The molecule has 0 aliphatic carbocycles. The van der Waals surface area contributed by atoms with Crippen molar-refractivity contribution in [3.05, 3.63) is 41.5 Å². The first-order chi connectivity index (χ1) is 16.2. The van der Waals surface area contributed by atoms with Crippen LogP contribution in [0.2, 0.25) is 0 Å². The van der Waals surface area contributed by atoms with Crippen molar-refractivity contribution in [1.29, 1.82) is 0 Å². The maximum absolute atomic E-state index is 13.0. The van der Waals surface area contributed by atoms with Crippen LogP contribution in [0.3, 0.4) is 0 Å². The highest BCUT2D eigenvalue weighted by Gasteiger charge is 2.28. The zero-order valence-corrected chi connectivity index (χ0v) is 21.2. The molecule has 3 rings (SSSR count). The molecule has 0 atom stereocenters. The van der Waals surface area contributed by atoms with E-state index in [0.29, 0.717) is 60.6 Å². The summed E-state index contributed by atoms with van der Waals surface area (Å²) in [5, 5.41) is 2.86. The highest BCUT2D eigenvalue weighted by Crippen LogP contribution is 2.39. The molecule has 34 heavy (non-hydrogen) atoms. The van der Waals surface area contributed by atoms with Crippen LogP contribution in [0.1, 0.15) is 17.5 Å². The largest absolute Gasteiger partial charge is 0.493 e. The molecule has 186 valence electrons. The minimum atomic E-state index is -3.52. The first-order valence-corrected chi connectivity index (χ1v) is 12.5. The van der Waals surface area contributed by atoms with Gasteiger partial charge in [0.2, 0.25) is 21.7 Å². The number of nitrogens with one attached hydrogen (secondary N) is 1. The summed E-state index contributed by atoms with van der Waals surface area (Å²) in [7, 11) is 1.03. The second-order valence-electron chi connectivity index (χ2n) is 8.20. The Hall–Kier alpha value is -2.82. The fourth-order valence-corrected chi connectivity index (χ4v) is 5.36. The summed E-state index contributed by atoms with van der Waals surface area (Å²) < 4.78 is 43.4. The second-order valence-corrected chi connectivity index (χ2v) is 10.1. The summed E-state index contributed by atoms with van der Waals surface area (Å²) in [6, 6.07) is 8.58. The quantitative estimate of drug-likeness (QED) is 0.576. The monoisotopic (exact) mass is 491 g/mol. The summed E-state index contributed by atoms with van der Waals surface area (Å²) in [5.41, 5.74) is 2.57. The van der Waals surface area contributed by atoms with Gasteiger partial charge in [-0.1, -0.05) is 6.07 Å². The van der Waals surface area contributed by atoms with Gasteiger partial charge in [-0.15, -0.1) is 0 Å². The topological polar surface area (TPSA) is 97.4 Å². The van der Waals surface area contributed by atoms with Gasteiger partial charge in [0.05, 0.1) is 26.2 Å². The summed E-state index contributed by atoms with van der Waals surface area (Å²) in [5.74, 6) is 1.22. The van der Waals surface area contributed by atoms with E-state index in [2.05, 4.69) is 10.2 Å². The van der Waals surface area contributed by atoms with Crippen molar-refractivity contribution in [2.45, 2.75) is 25.2 Å². The van der Waals surface area contributed by atoms with Crippen molar-refractivity contribution in [2.75, 3.05) is 59.4 Å². The Morgan fingerprint density at radius 3 is 2.06 bits per heavy atom. The second kappa shape index (κ2) is 11.1. The Labute approximate surface area is 201 Å². The van der Waals surface area contributed by atoms with Crippen LogP contribution in [0.4, 0.5) is 5.69 Å². The van der Waals surface area contributed by atoms with Gasteiger partial charge < -0.3 is 24.4 Å². The van der Waals surface area contributed by atoms with E-state index in [9.17, 15) is 13.2 Å². The third-order valence-electron chi connectivity index (χ3n) is 6.05. The number of hydrogen-bond donors (Lipinski definition) is 1. The molecule has 0 spiro atoms. The first kappa shape index (κ1) is 25.8.